The van der Waals surface area contributed by atoms with Gasteiger partial charge in [-0.3, -0.25) is 4.79 Å². The van der Waals surface area contributed by atoms with Gasteiger partial charge in [0.25, 0.3) is 5.91 Å². The van der Waals surface area contributed by atoms with E-state index in [1.165, 1.54) is 4.88 Å². The Kier molecular flexibility index (Phi) is 9.91. The number of carbonyl (C=O) groups is 1. The van der Waals surface area contributed by atoms with Gasteiger partial charge in [0, 0.05) is 26.7 Å². The predicted molar refractivity (Wildman–Crippen MR) is 178 cm³/mol. The Hall–Kier alpha value is -2.78. The highest BCUT2D eigenvalue weighted by Gasteiger charge is 2.33. The molecule has 0 unspecified atom stereocenters. The Morgan fingerprint density at radius 1 is 1.23 bits per heavy atom. The van der Waals surface area contributed by atoms with Gasteiger partial charge in [0.05, 0.1) is 30.0 Å². The number of thiophene rings is 1. The minimum Gasteiger partial charge on any atom is -0.493 e. The second-order valence-corrected chi connectivity index (χ2v) is 14.4. The summed E-state index contributed by atoms with van der Waals surface area (Å²) in [6.45, 7) is 7.42. The van der Waals surface area contributed by atoms with E-state index < -0.39 is 0 Å². The Bertz CT molecular complexity index is 1640. The molecule has 1 N–H and O–H groups in total. The number of nitrogens with one attached hydrogen (secondary N) is 1. The van der Waals surface area contributed by atoms with Crippen LogP contribution in [0, 0.1) is 11.3 Å². The Morgan fingerprint density at radius 3 is 2.74 bits per heavy atom. The molecule has 0 bridgehead atoms. The van der Waals surface area contributed by atoms with Crippen molar-refractivity contribution in [3.63, 3.8) is 0 Å². The highest BCUT2D eigenvalue weighted by atomic mass is 79.9. The van der Waals surface area contributed by atoms with Crippen molar-refractivity contribution in [1.82, 2.24) is 5.32 Å². The minimum absolute atomic E-state index is 0.140. The van der Waals surface area contributed by atoms with Crippen molar-refractivity contribution in [2.75, 3.05) is 7.11 Å². The lowest BCUT2D eigenvalue weighted by Crippen LogP contribution is -2.28. The average Bonchev–Trinajstić information content (AvgIpc) is 3.61. The SMILES string of the molecule is COc1cc(C=Nc2sc3c(c2C(=O)NCc2ccco2)CC[C@@H](C(C)(C)C)C3)cc(Br)c1OCc1ccc(Cl)cc1Cl. The molecule has 0 radical (unpaired) electrons. The summed E-state index contributed by atoms with van der Waals surface area (Å²) in [6, 6.07) is 12.7. The molecule has 0 aliphatic heterocycles. The molecular weight excluding hydrogens is 671 g/mol. The highest BCUT2D eigenvalue weighted by molar-refractivity contribution is 9.10. The quantitative estimate of drug-likeness (QED) is 0.176. The van der Waals surface area contributed by atoms with Gasteiger partial charge in [0.1, 0.15) is 17.4 Å². The van der Waals surface area contributed by atoms with Crippen LogP contribution in [0.1, 0.15) is 64.9 Å². The molecule has 1 aliphatic rings. The first-order chi connectivity index (χ1) is 20.5. The van der Waals surface area contributed by atoms with Crippen molar-refractivity contribution in [1.29, 1.82) is 0 Å². The third-order valence-corrected chi connectivity index (χ3v) is 10.0. The van der Waals surface area contributed by atoms with Gasteiger partial charge in [-0.05, 0) is 94.1 Å². The maximum absolute atomic E-state index is 13.5. The molecule has 2 heterocycles. The number of hydrogen-bond donors (Lipinski definition) is 1. The molecule has 4 aromatic rings. The van der Waals surface area contributed by atoms with E-state index in [2.05, 4.69) is 42.0 Å². The van der Waals surface area contributed by atoms with Gasteiger partial charge >= 0.3 is 0 Å². The summed E-state index contributed by atoms with van der Waals surface area (Å²) in [5.41, 5.74) is 3.55. The lowest BCUT2D eigenvalue weighted by Gasteiger charge is -2.33. The minimum atomic E-state index is -0.140. The number of aliphatic imine (C=N–C) groups is 1. The molecular formula is C33H33BrCl2N2O4S. The molecule has 2 aromatic heterocycles. The van der Waals surface area contributed by atoms with E-state index in [0.717, 1.165) is 36.0 Å². The Morgan fingerprint density at radius 2 is 2.05 bits per heavy atom. The summed E-state index contributed by atoms with van der Waals surface area (Å²) < 4.78 is 17.9. The zero-order chi connectivity index (χ0) is 30.7. The number of fused-ring (bicyclic) bond motifs is 1. The summed E-state index contributed by atoms with van der Waals surface area (Å²) in [5.74, 6) is 2.19. The molecule has 0 spiro atoms. The van der Waals surface area contributed by atoms with Crippen molar-refractivity contribution in [3.05, 3.63) is 96.1 Å². The molecule has 1 aliphatic carbocycles. The van der Waals surface area contributed by atoms with Crippen LogP contribution >= 0.6 is 50.5 Å². The van der Waals surface area contributed by atoms with Crippen LogP contribution in [0.15, 0.2) is 62.6 Å². The first-order valence-corrected chi connectivity index (χ1v) is 16.3. The normalized spacial score (nSPS) is 15.0. The van der Waals surface area contributed by atoms with Crippen molar-refractivity contribution >= 4 is 67.6 Å². The lowest BCUT2D eigenvalue weighted by atomic mass is 9.72. The fraction of sp³-hybridized carbons (Fsp3) is 0.333. The van der Waals surface area contributed by atoms with E-state index in [1.807, 2.05) is 30.3 Å². The van der Waals surface area contributed by atoms with Crippen LogP contribution in [-0.2, 0) is 26.0 Å². The van der Waals surface area contributed by atoms with Crippen LogP contribution in [0.4, 0.5) is 5.00 Å². The first-order valence-electron chi connectivity index (χ1n) is 14.0. The topological polar surface area (TPSA) is 73.1 Å². The van der Waals surface area contributed by atoms with Gasteiger partial charge in [-0.25, -0.2) is 4.99 Å². The van der Waals surface area contributed by atoms with Crippen LogP contribution in [0.25, 0.3) is 0 Å². The maximum atomic E-state index is 13.5. The molecule has 0 saturated heterocycles. The van der Waals surface area contributed by atoms with E-state index in [1.54, 1.807) is 43.1 Å². The zero-order valence-electron chi connectivity index (χ0n) is 24.4. The summed E-state index contributed by atoms with van der Waals surface area (Å²) in [7, 11) is 1.59. The van der Waals surface area contributed by atoms with Crippen molar-refractivity contribution in [2.45, 2.75) is 53.2 Å². The molecule has 1 atom stereocenters. The third-order valence-electron chi connectivity index (χ3n) is 7.67. The summed E-state index contributed by atoms with van der Waals surface area (Å²) >= 11 is 17.6. The van der Waals surface area contributed by atoms with Crippen LogP contribution in [-0.4, -0.2) is 19.2 Å². The van der Waals surface area contributed by atoms with E-state index >= 15 is 0 Å². The molecule has 226 valence electrons. The van der Waals surface area contributed by atoms with Gasteiger partial charge in [0.15, 0.2) is 11.5 Å². The average molecular weight is 705 g/mol. The number of ether oxygens (including phenoxy) is 2. The molecule has 1 amide bonds. The number of nitrogens with zero attached hydrogens (tertiary/aromatic N) is 1. The number of furan rings is 1. The predicted octanol–water partition coefficient (Wildman–Crippen LogP) is 9.83. The molecule has 2 aromatic carbocycles. The lowest BCUT2D eigenvalue weighted by molar-refractivity contribution is 0.0947. The van der Waals surface area contributed by atoms with E-state index in [4.69, 9.17) is 42.1 Å². The molecule has 6 nitrogen and oxygen atoms in total. The van der Waals surface area contributed by atoms with Gasteiger partial charge in [-0.1, -0.05) is 50.0 Å². The van der Waals surface area contributed by atoms with Crippen LogP contribution in [0.3, 0.4) is 0 Å². The summed E-state index contributed by atoms with van der Waals surface area (Å²) in [6.07, 6.45) is 6.21. The zero-order valence-corrected chi connectivity index (χ0v) is 28.3. The first kappa shape index (κ1) is 31.6. The fourth-order valence-electron chi connectivity index (χ4n) is 5.18. The van der Waals surface area contributed by atoms with Gasteiger partial charge in [0.2, 0.25) is 0 Å². The second kappa shape index (κ2) is 13.5. The van der Waals surface area contributed by atoms with Crippen molar-refractivity contribution < 1.29 is 18.7 Å². The van der Waals surface area contributed by atoms with E-state index in [9.17, 15) is 4.79 Å². The molecule has 0 saturated carbocycles. The van der Waals surface area contributed by atoms with Crippen LogP contribution in [0.2, 0.25) is 10.0 Å². The number of hydrogen-bond acceptors (Lipinski definition) is 6. The van der Waals surface area contributed by atoms with E-state index in [0.29, 0.717) is 54.8 Å². The number of methoxy groups -OCH3 is 1. The highest BCUT2D eigenvalue weighted by Crippen LogP contribution is 2.45. The summed E-state index contributed by atoms with van der Waals surface area (Å²) in [5, 5.41) is 4.82. The van der Waals surface area contributed by atoms with Crippen molar-refractivity contribution in [3.8, 4) is 11.5 Å². The smallest absolute Gasteiger partial charge is 0.255 e. The Balaban J connectivity index is 1.41. The number of halogens is 3. The molecule has 43 heavy (non-hydrogen) atoms. The monoisotopic (exact) mass is 702 g/mol. The van der Waals surface area contributed by atoms with Gasteiger partial charge in [-0.15, -0.1) is 11.3 Å². The number of rotatable bonds is 9. The summed E-state index contributed by atoms with van der Waals surface area (Å²) in [4.78, 5) is 19.6. The second-order valence-electron chi connectivity index (χ2n) is 11.6. The van der Waals surface area contributed by atoms with Gasteiger partial charge < -0.3 is 19.2 Å². The van der Waals surface area contributed by atoms with Crippen LogP contribution in [0.5, 0.6) is 11.5 Å². The fourth-order valence-corrected chi connectivity index (χ4v) is 7.49. The maximum Gasteiger partial charge on any atom is 0.255 e. The number of amides is 1. The Labute approximate surface area is 274 Å². The van der Waals surface area contributed by atoms with E-state index in [-0.39, 0.29) is 17.9 Å². The standard InChI is InChI=1S/C33H33BrCl2N2O4S/c1-33(2,3)21-8-10-24-28(14-21)43-32(29(24)31(39)37-17-23-6-5-11-41-23)38-16-19-12-25(34)30(27(13-19)40-4)42-18-20-7-9-22(35)15-26(20)36/h5-7,9,11-13,15-16,21H,8,10,14,17-18H2,1-4H3,(H,37,39)/t21-/m1/s1. The largest absolute Gasteiger partial charge is 0.493 e. The molecule has 10 heteroatoms. The van der Waals surface area contributed by atoms with Crippen LogP contribution < -0.4 is 14.8 Å². The molecule has 0 fully saturated rings. The van der Waals surface area contributed by atoms with Gasteiger partial charge in [-0.2, -0.15) is 0 Å². The van der Waals surface area contributed by atoms with Crippen molar-refractivity contribution in [2.24, 2.45) is 16.3 Å². The molecule has 5 rings (SSSR count). The number of benzene rings is 2. The number of carbonyl (C=O) groups excluding carboxylic acids is 1. The third kappa shape index (κ3) is 7.48.